The lowest BCUT2D eigenvalue weighted by Gasteiger charge is -2.00. The van der Waals surface area contributed by atoms with Crippen LogP contribution in [0.2, 0.25) is 0 Å². The lowest BCUT2D eigenvalue weighted by molar-refractivity contribution is -0.385. The van der Waals surface area contributed by atoms with Gasteiger partial charge in [-0.05, 0) is 19.1 Å². The molecular weight excluding hydrogens is 210 g/mol. The van der Waals surface area contributed by atoms with E-state index in [-0.39, 0.29) is 5.69 Å². The molecule has 1 aromatic carbocycles. The minimum Gasteiger partial charge on any atom is -0.394 e. The van der Waals surface area contributed by atoms with Crippen molar-refractivity contribution in [1.29, 1.82) is 0 Å². The van der Waals surface area contributed by atoms with Gasteiger partial charge in [0.15, 0.2) is 5.76 Å². The molecule has 0 aliphatic rings. The third kappa shape index (κ3) is 1.60. The van der Waals surface area contributed by atoms with Gasteiger partial charge in [-0.3, -0.25) is 10.1 Å². The van der Waals surface area contributed by atoms with Crippen LogP contribution in [0, 0.1) is 17.0 Å². The van der Waals surface area contributed by atoms with Gasteiger partial charge >= 0.3 is 0 Å². The molecule has 0 bridgehead atoms. The van der Waals surface area contributed by atoms with Crippen LogP contribution in [0.4, 0.5) is 11.4 Å². The van der Waals surface area contributed by atoms with Crippen LogP contribution in [0.1, 0.15) is 5.56 Å². The zero-order valence-electron chi connectivity index (χ0n) is 8.51. The Labute approximate surface area is 90.8 Å². The smallest absolute Gasteiger partial charge is 0.272 e. The Morgan fingerprint density at radius 1 is 1.50 bits per heavy atom. The third-order valence-corrected chi connectivity index (χ3v) is 2.25. The maximum Gasteiger partial charge on any atom is 0.272 e. The van der Waals surface area contributed by atoms with E-state index in [0.717, 1.165) is 0 Å². The van der Waals surface area contributed by atoms with Gasteiger partial charge < -0.3 is 10.3 Å². The molecule has 2 aromatic rings. The quantitative estimate of drug-likeness (QED) is 0.616. The molecule has 0 radical (unpaired) electrons. The number of nitro groups is 1. The first kappa shape index (κ1) is 10.2. The predicted molar refractivity (Wildman–Crippen MR) is 57.7 cm³/mol. The fourth-order valence-electron chi connectivity index (χ4n) is 1.47. The molecule has 16 heavy (non-hydrogen) atoms. The van der Waals surface area contributed by atoms with Crippen LogP contribution in [-0.4, -0.2) is 10.1 Å². The molecular formula is C10H9N3O3. The number of aryl methyl sites for hydroxylation is 1. The van der Waals surface area contributed by atoms with Crippen LogP contribution in [0.3, 0.4) is 0 Å². The van der Waals surface area contributed by atoms with E-state index in [2.05, 4.69) is 5.16 Å². The Hall–Kier alpha value is -2.37. The molecule has 0 unspecified atom stereocenters. The van der Waals surface area contributed by atoms with Crippen LogP contribution in [0.15, 0.2) is 28.9 Å². The molecule has 82 valence electrons. The second-order valence-corrected chi connectivity index (χ2v) is 3.37. The Balaban J connectivity index is 2.50. The molecule has 1 aromatic heterocycles. The van der Waals surface area contributed by atoms with Crippen LogP contribution < -0.4 is 5.73 Å². The van der Waals surface area contributed by atoms with Gasteiger partial charge in [0.2, 0.25) is 0 Å². The van der Waals surface area contributed by atoms with Crippen molar-refractivity contribution >= 4 is 11.4 Å². The highest BCUT2D eigenvalue weighted by molar-refractivity contribution is 5.71. The topological polar surface area (TPSA) is 95.2 Å². The van der Waals surface area contributed by atoms with E-state index in [0.29, 0.717) is 22.6 Å². The van der Waals surface area contributed by atoms with Crippen molar-refractivity contribution in [3.05, 3.63) is 40.1 Å². The molecule has 2 N–H and O–H groups in total. The van der Waals surface area contributed by atoms with Crippen molar-refractivity contribution in [3.63, 3.8) is 0 Å². The molecule has 0 saturated heterocycles. The molecule has 6 heteroatoms. The average Bonchev–Trinajstić information content (AvgIpc) is 2.63. The first-order chi connectivity index (χ1) is 7.59. The van der Waals surface area contributed by atoms with E-state index in [1.54, 1.807) is 19.1 Å². The third-order valence-electron chi connectivity index (χ3n) is 2.25. The summed E-state index contributed by atoms with van der Waals surface area (Å²) in [6.07, 6.45) is 1.39. The Bertz CT molecular complexity index is 548. The number of nitrogens with two attached hydrogens (primary N) is 1. The minimum atomic E-state index is -0.428. The average molecular weight is 219 g/mol. The molecule has 0 aliphatic carbocycles. The largest absolute Gasteiger partial charge is 0.394 e. The number of nitro benzene ring substituents is 1. The van der Waals surface area contributed by atoms with Crippen LogP contribution >= 0.6 is 0 Å². The van der Waals surface area contributed by atoms with E-state index < -0.39 is 4.92 Å². The molecule has 0 spiro atoms. The molecule has 0 fully saturated rings. The lowest BCUT2D eigenvalue weighted by Crippen LogP contribution is -1.92. The molecule has 1 heterocycles. The zero-order valence-corrected chi connectivity index (χ0v) is 8.51. The second kappa shape index (κ2) is 3.65. The number of hydrogen-bond donors (Lipinski definition) is 1. The van der Waals surface area contributed by atoms with Crippen LogP contribution in [-0.2, 0) is 0 Å². The number of nitrogen functional groups attached to an aromatic ring is 1. The highest BCUT2D eigenvalue weighted by Crippen LogP contribution is 2.29. The van der Waals surface area contributed by atoms with E-state index in [1.807, 2.05) is 0 Å². The van der Waals surface area contributed by atoms with Gasteiger partial charge in [-0.2, -0.15) is 0 Å². The molecule has 6 nitrogen and oxygen atoms in total. The number of aromatic nitrogens is 1. The van der Waals surface area contributed by atoms with Crippen molar-refractivity contribution < 1.29 is 9.45 Å². The molecule has 0 amide bonds. The lowest BCUT2D eigenvalue weighted by atomic mass is 10.1. The van der Waals surface area contributed by atoms with Gasteiger partial charge in [0.05, 0.1) is 11.1 Å². The molecule has 2 rings (SSSR count). The summed E-state index contributed by atoms with van der Waals surface area (Å²) < 4.78 is 4.96. The molecule has 0 atom stereocenters. The van der Waals surface area contributed by atoms with Crippen LogP contribution in [0.5, 0.6) is 0 Å². The van der Waals surface area contributed by atoms with E-state index in [1.165, 1.54) is 12.3 Å². The van der Waals surface area contributed by atoms with Crippen molar-refractivity contribution in [2.24, 2.45) is 0 Å². The normalized spacial score (nSPS) is 10.3. The summed E-state index contributed by atoms with van der Waals surface area (Å²) in [4.78, 5) is 10.2. The van der Waals surface area contributed by atoms with Gasteiger partial charge in [-0.15, -0.1) is 0 Å². The van der Waals surface area contributed by atoms with E-state index >= 15 is 0 Å². The minimum absolute atomic E-state index is 0.0711. The maximum absolute atomic E-state index is 10.6. The van der Waals surface area contributed by atoms with E-state index in [4.69, 9.17) is 10.3 Å². The SMILES string of the molecule is Cc1cc(-c2oncc2N)ccc1[N+](=O)[O-]. The maximum atomic E-state index is 10.6. The monoisotopic (exact) mass is 219 g/mol. The van der Waals surface area contributed by atoms with Crippen molar-refractivity contribution in [2.75, 3.05) is 5.73 Å². The summed E-state index contributed by atoms with van der Waals surface area (Å²) in [6.45, 7) is 1.66. The Kier molecular flexibility index (Phi) is 2.32. The summed E-state index contributed by atoms with van der Waals surface area (Å²) in [5.41, 5.74) is 7.34. The number of hydrogen-bond acceptors (Lipinski definition) is 5. The second-order valence-electron chi connectivity index (χ2n) is 3.37. The summed E-state index contributed by atoms with van der Waals surface area (Å²) in [6, 6.07) is 4.66. The fourth-order valence-corrected chi connectivity index (χ4v) is 1.47. The number of anilines is 1. The first-order valence-electron chi connectivity index (χ1n) is 4.55. The van der Waals surface area contributed by atoms with Gasteiger partial charge in [-0.25, -0.2) is 0 Å². The standard InChI is InChI=1S/C10H9N3O3/c1-6-4-7(2-3-9(6)13(14)15)10-8(11)5-12-16-10/h2-5H,11H2,1H3. The fraction of sp³-hybridized carbons (Fsp3) is 0.100. The van der Waals surface area contributed by atoms with Gasteiger partial charge in [0.1, 0.15) is 5.69 Å². The Morgan fingerprint density at radius 3 is 2.75 bits per heavy atom. The van der Waals surface area contributed by atoms with Gasteiger partial charge in [0, 0.05) is 17.2 Å². The first-order valence-corrected chi connectivity index (χ1v) is 4.55. The number of rotatable bonds is 2. The summed E-state index contributed by atoms with van der Waals surface area (Å²) in [7, 11) is 0. The van der Waals surface area contributed by atoms with E-state index in [9.17, 15) is 10.1 Å². The van der Waals surface area contributed by atoms with Crippen molar-refractivity contribution in [2.45, 2.75) is 6.92 Å². The highest BCUT2D eigenvalue weighted by Gasteiger charge is 2.14. The molecule has 0 saturated carbocycles. The van der Waals surface area contributed by atoms with Crippen molar-refractivity contribution in [1.82, 2.24) is 5.16 Å². The molecule has 0 aliphatic heterocycles. The summed E-state index contributed by atoms with van der Waals surface area (Å²) in [5, 5.41) is 14.2. The van der Waals surface area contributed by atoms with Gasteiger partial charge in [0.25, 0.3) is 5.69 Å². The number of benzene rings is 1. The predicted octanol–water partition coefficient (Wildman–Crippen LogP) is 2.14. The van der Waals surface area contributed by atoms with Gasteiger partial charge in [-0.1, -0.05) is 5.16 Å². The Morgan fingerprint density at radius 2 is 2.25 bits per heavy atom. The van der Waals surface area contributed by atoms with Crippen molar-refractivity contribution in [3.8, 4) is 11.3 Å². The zero-order chi connectivity index (χ0) is 11.7. The number of nitrogens with zero attached hydrogens (tertiary/aromatic N) is 2. The summed E-state index contributed by atoms with van der Waals surface area (Å²) >= 11 is 0. The van der Waals surface area contributed by atoms with Crippen LogP contribution in [0.25, 0.3) is 11.3 Å². The highest BCUT2D eigenvalue weighted by atomic mass is 16.6. The summed E-state index contributed by atoms with van der Waals surface area (Å²) in [5.74, 6) is 0.429.